The van der Waals surface area contributed by atoms with Crippen molar-refractivity contribution in [1.82, 2.24) is 5.32 Å². The van der Waals surface area contributed by atoms with E-state index in [1.165, 1.54) is 0 Å². The van der Waals surface area contributed by atoms with Gasteiger partial charge < -0.3 is 15.7 Å². The van der Waals surface area contributed by atoms with Crippen LogP contribution in [0.15, 0.2) is 24.3 Å². The van der Waals surface area contributed by atoms with Gasteiger partial charge in [0.15, 0.2) is 0 Å². The molecule has 0 spiro atoms. The number of nitrogens with one attached hydrogen (secondary N) is 2. The van der Waals surface area contributed by atoms with E-state index in [-0.39, 0.29) is 5.91 Å². The fraction of sp³-hybridized carbons (Fsp3) is 0.429. The number of amides is 1. The summed E-state index contributed by atoms with van der Waals surface area (Å²) in [5, 5.41) is 14.8. The van der Waals surface area contributed by atoms with Crippen LogP contribution in [0.5, 0.6) is 0 Å². The number of carboxylic acids is 1. The molecule has 102 valence electrons. The maximum atomic E-state index is 11.8. The molecule has 1 atom stereocenters. The molecule has 1 fully saturated rings. The van der Waals surface area contributed by atoms with Gasteiger partial charge in [0.2, 0.25) is 0 Å². The third-order valence-corrected chi connectivity index (χ3v) is 3.11. The third kappa shape index (κ3) is 3.71. The van der Waals surface area contributed by atoms with Crippen molar-refractivity contribution in [3.63, 3.8) is 0 Å². The number of carbonyl (C=O) groups is 2. The second kappa shape index (κ2) is 5.73. The first-order valence-corrected chi connectivity index (χ1v) is 6.50. The lowest BCUT2D eigenvalue weighted by atomic mass is 10.1. The minimum Gasteiger partial charge on any atom is -0.480 e. The molecule has 19 heavy (non-hydrogen) atoms. The number of carboxylic acid groups (broad SMARTS) is 1. The van der Waals surface area contributed by atoms with Crippen LogP contribution in [0, 0.1) is 0 Å². The van der Waals surface area contributed by atoms with Crippen LogP contribution in [0.3, 0.4) is 0 Å². The van der Waals surface area contributed by atoms with Gasteiger partial charge in [-0.2, -0.15) is 0 Å². The van der Waals surface area contributed by atoms with Crippen LogP contribution in [0.4, 0.5) is 5.69 Å². The largest absolute Gasteiger partial charge is 0.480 e. The first-order valence-electron chi connectivity index (χ1n) is 6.50. The van der Waals surface area contributed by atoms with Crippen molar-refractivity contribution in [3.8, 4) is 0 Å². The number of rotatable bonds is 6. The fourth-order valence-corrected chi connectivity index (χ4v) is 1.75. The molecule has 2 rings (SSSR count). The highest BCUT2D eigenvalue weighted by molar-refractivity contribution is 5.95. The Kier molecular flexibility index (Phi) is 4.04. The van der Waals surface area contributed by atoms with Crippen molar-refractivity contribution in [1.29, 1.82) is 0 Å². The molecule has 1 aromatic rings. The zero-order valence-electron chi connectivity index (χ0n) is 10.8. The average molecular weight is 262 g/mol. The van der Waals surface area contributed by atoms with Crippen LogP contribution in [0.1, 0.15) is 36.5 Å². The maximum Gasteiger partial charge on any atom is 0.326 e. The van der Waals surface area contributed by atoms with Crippen LogP contribution in [-0.2, 0) is 4.79 Å². The fourth-order valence-electron chi connectivity index (χ4n) is 1.75. The van der Waals surface area contributed by atoms with E-state index in [1.54, 1.807) is 24.3 Å². The van der Waals surface area contributed by atoms with Gasteiger partial charge in [0.1, 0.15) is 6.04 Å². The number of anilines is 1. The van der Waals surface area contributed by atoms with Crippen molar-refractivity contribution in [2.75, 3.05) is 5.32 Å². The summed E-state index contributed by atoms with van der Waals surface area (Å²) in [5.74, 6) is -0.947. The Morgan fingerprint density at radius 2 is 1.95 bits per heavy atom. The van der Waals surface area contributed by atoms with Crippen molar-refractivity contribution in [2.24, 2.45) is 0 Å². The molecule has 1 aromatic carbocycles. The Balaban J connectivity index is 1.97. The molecule has 0 bridgehead atoms. The van der Waals surface area contributed by atoms with Crippen LogP contribution < -0.4 is 10.6 Å². The molecule has 0 heterocycles. The number of carbonyl (C=O) groups excluding carboxylic acids is 1. The van der Waals surface area contributed by atoms with Crippen LogP contribution in [0.2, 0.25) is 0 Å². The standard InChI is InChI=1S/C14H18N2O3/c1-2-12(14(18)19)15-10-5-3-9(4-6-10)13(17)16-11-7-8-11/h3-6,11-12,15H,2,7-8H2,1H3,(H,16,17)(H,18,19). The maximum absolute atomic E-state index is 11.8. The predicted octanol–water partition coefficient (Wildman–Crippen LogP) is 1.85. The monoisotopic (exact) mass is 262 g/mol. The molecule has 1 saturated carbocycles. The van der Waals surface area contributed by atoms with E-state index in [9.17, 15) is 9.59 Å². The normalized spacial score (nSPS) is 15.6. The van der Waals surface area contributed by atoms with Crippen LogP contribution >= 0.6 is 0 Å². The quantitative estimate of drug-likeness (QED) is 0.731. The number of hydrogen-bond donors (Lipinski definition) is 3. The molecule has 0 radical (unpaired) electrons. The average Bonchev–Trinajstić information content (AvgIpc) is 3.20. The number of hydrogen-bond acceptors (Lipinski definition) is 3. The van der Waals surface area contributed by atoms with Gasteiger partial charge in [-0.1, -0.05) is 6.92 Å². The molecule has 1 unspecified atom stereocenters. The molecule has 1 amide bonds. The van der Waals surface area contributed by atoms with E-state index in [0.29, 0.717) is 23.7 Å². The molecular formula is C14H18N2O3. The van der Waals surface area contributed by atoms with E-state index >= 15 is 0 Å². The third-order valence-electron chi connectivity index (χ3n) is 3.11. The highest BCUT2D eigenvalue weighted by Gasteiger charge is 2.23. The van der Waals surface area contributed by atoms with Gasteiger partial charge in [-0.3, -0.25) is 4.79 Å². The van der Waals surface area contributed by atoms with Gasteiger partial charge in [0.05, 0.1) is 0 Å². The highest BCUT2D eigenvalue weighted by atomic mass is 16.4. The molecule has 5 nitrogen and oxygen atoms in total. The minimum absolute atomic E-state index is 0.0701. The Labute approximate surface area is 112 Å². The molecule has 0 aliphatic heterocycles. The summed E-state index contributed by atoms with van der Waals surface area (Å²) >= 11 is 0. The minimum atomic E-state index is -0.877. The molecule has 5 heteroatoms. The smallest absolute Gasteiger partial charge is 0.326 e. The zero-order chi connectivity index (χ0) is 13.8. The number of aliphatic carboxylic acids is 1. The van der Waals surface area contributed by atoms with E-state index in [0.717, 1.165) is 12.8 Å². The second-order valence-corrected chi connectivity index (χ2v) is 4.77. The summed E-state index contributed by atoms with van der Waals surface area (Å²) in [4.78, 5) is 22.7. The van der Waals surface area contributed by atoms with Gasteiger partial charge >= 0.3 is 5.97 Å². The lowest BCUT2D eigenvalue weighted by Gasteiger charge is -2.13. The van der Waals surface area contributed by atoms with Gasteiger partial charge in [0, 0.05) is 17.3 Å². The van der Waals surface area contributed by atoms with Crippen molar-refractivity contribution < 1.29 is 14.7 Å². The van der Waals surface area contributed by atoms with Crippen LogP contribution in [0.25, 0.3) is 0 Å². The Morgan fingerprint density at radius 3 is 2.42 bits per heavy atom. The summed E-state index contributed by atoms with van der Waals surface area (Å²) in [5.41, 5.74) is 1.30. The summed E-state index contributed by atoms with van der Waals surface area (Å²) in [6, 6.07) is 6.59. The molecule has 0 aromatic heterocycles. The Morgan fingerprint density at radius 1 is 1.32 bits per heavy atom. The van der Waals surface area contributed by atoms with Crippen molar-refractivity contribution in [2.45, 2.75) is 38.3 Å². The van der Waals surface area contributed by atoms with Crippen LogP contribution in [-0.4, -0.2) is 29.1 Å². The van der Waals surface area contributed by atoms with E-state index < -0.39 is 12.0 Å². The molecule has 1 aliphatic rings. The summed E-state index contributed by atoms with van der Waals surface area (Å²) in [6.45, 7) is 1.81. The summed E-state index contributed by atoms with van der Waals surface area (Å²) in [6.07, 6.45) is 2.61. The Bertz CT molecular complexity index is 466. The van der Waals surface area contributed by atoms with E-state index in [4.69, 9.17) is 5.11 Å². The van der Waals surface area contributed by atoms with Gasteiger partial charge in [-0.15, -0.1) is 0 Å². The van der Waals surface area contributed by atoms with Crippen molar-refractivity contribution >= 4 is 17.6 Å². The van der Waals surface area contributed by atoms with Gasteiger partial charge in [-0.25, -0.2) is 4.79 Å². The lowest BCUT2D eigenvalue weighted by Crippen LogP contribution is -2.28. The topological polar surface area (TPSA) is 78.4 Å². The molecule has 1 aliphatic carbocycles. The SMILES string of the molecule is CCC(Nc1ccc(C(=O)NC2CC2)cc1)C(=O)O. The first-order chi connectivity index (χ1) is 9.10. The Hall–Kier alpha value is -2.04. The summed E-state index contributed by atoms with van der Waals surface area (Å²) in [7, 11) is 0. The number of benzene rings is 1. The second-order valence-electron chi connectivity index (χ2n) is 4.77. The first kappa shape index (κ1) is 13.4. The highest BCUT2D eigenvalue weighted by Crippen LogP contribution is 2.19. The van der Waals surface area contributed by atoms with E-state index in [1.807, 2.05) is 6.92 Å². The van der Waals surface area contributed by atoms with E-state index in [2.05, 4.69) is 10.6 Å². The van der Waals surface area contributed by atoms with Crippen molar-refractivity contribution in [3.05, 3.63) is 29.8 Å². The molecule has 3 N–H and O–H groups in total. The van der Waals surface area contributed by atoms with Gasteiger partial charge in [-0.05, 0) is 43.5 Å². The summed E-state index contributed by atoms with van der Waals surface area (Å²) < 4.78 is 0. The lowest BCUT2D eigenvalue weighted by molar-refractivity contribution is -0.137. The van der Waals surface area contributed by atoms with Gasteiger partial charge in [0.25, 0.3) is 5.91 Å². The zero-order valence-corrected chi connectivity index (χ0v) is 10.8. The molecular weight excluding hydrogens is 244 g/mol. The molecule has 0 saturated heterocycles. The predicted molar refractivity (Wildman–Crippen MR) is 72.3 cm³/mol.